The van der Waals surface area contributed by atoms with E-state index in [4.69, 9.17) is 5.73 Å². The average Bonchev–Trinajstić information content (AvgIpc) is 3.08. The smallest absolute Gasteiger partial charge is 0.330 e. The number of primary amides is 1. The van der Waals surface area contributed by atoms with E-state index in [0.717, 1.165) is 9.57 Å². The van der Waals surface area contributed by atoms with Crippen LogP contribution in [0.4, 0.5) is 0 Å². The van der Waals surface area contributed by atoms with Gasteiger partial charge in [-0.1, -0.05) is 12.1 Å². The van der Waals surface area contributed by atoms with Gasteiger partial charge in [0, 0.05) is 32.1 Å². The SMILES string of the molecule is Cn1c(=O)c2c(C(Cc3nccs3)C(N)=O)cccc2n(C)c1=O. The second-order valence-electron chi connectivity index (χ2n) is 5.53. The molecule has 0 bridgehead atoms. The number of amides is 1. The number of hydrogen-bond acceptors (Lipinski definition) is 5. The largest absolute Gasteiger partial charge is 0.369 e. The maximum absolute atomic E-state index is 12.6. The molecule has 0 saturated carbocycles. The summed E-state index contributed by atoms with van der Waals surface area (Å²) < 4.78 is 2.43. The highest BCUT2D eigenvalue weighted by Crippen LogP contribution is 2.26. The standard InChI is InChI=1S/C16H16N4O3S/c1-19-11-5-3-4-9(13(11)15(22)20(2)16(19)23)10(14(17)21)8-12-18-6-7-24-12/h3-7,10H,8H2,1-2H3,(H2,17,21). The summed E-state index contributed by atoms with van der Waals surface area (Å²) in [5, 5.41) is 2.92. The van der Waals surface area contributed by atoms with E-state index in [1.165, 1.54) is 23.0 Å². The van der Waals surface area contributed by atoms with Gasteiger partial charge < -0.3 is 5.73 Å². The van der Waals surface area contributed by atoms with Crippen molar-refractivity contribution >= 4 is 28.1 Å². The van der Waals surface area contributed by atoms with Crippen LogP contribution in [0.2, 0.25) is 0 Å². The first kappa shape index (κ1) is 16.1. The zero-order valence-electron chi connectivity index (χ0n) is 13.2. The van der Waals surface area contributed by atoms with Crippen molar-refractivity contribution in [3.63, 3.8) is 0 Å². The number of rotatable bonds is 4. The molecule has 3 rings (SSSR count). The van der Waals surface area contributed by atoms with E-state index in [9.17, 15) is 14.4 Å². The van der Waals surface area contributed by atoms with Crippen LogP contribution < -0.4 is 17.0 Å². The van der Waals surface area contributed by atoms with Crippen LogP contribution in [0.3, 0.4) is 0 Å². The summed E-state index contributed by atoms with van der Waals surface area (Å²) in [7, 11) is 3.01. The Morgan fingerprint density at radius 2 is 2.04 bits per heavy atom. The van der Waals surface area contributed by atoms with E-state index in [1.807, 2.05) is 5.38 Å². The highest BCUT2D eigenvalue weighted by molar-refractivity contribution is 7.09. The summed E-state index contributed by atoms with van der Waals surface area (Å²) in [6.07, 6.45) is 1.97. The van der Waals surface area contributed by atoms with Gasteiger partial charge in [-0.3, -0.25) is 18.7 Å². The van der Waals surface area contributed by atoms with Gasteiger partial charge in [-0.25, -0.2) is 9.78 Å². The van der Waals surface area contributed by atoms with Crippen molar-refractivity contribution in [2.75, 3.05) is 0 Å². The van der Waals surface area contributed by atoms with Crippen molar-refractivity contribution in [1.82, 2.24) is 14.1 Å². The zero-order chi connectivity index (χ0) is 17.4. The molecule has 2 aromatic heterocycles. The molecule has 2 N–H and O–H groups in total. The van der Waals surface area contributed by atoms with Gasteiger partial charge in [0.05, 0.1) is 21.8 Å². The Morgan fingerprint density at radius 3 is 2.67 bits per heavy atom. The van der Waals surface area contributed by atoms with Gasteiger partial charge in [-0.05, 0) is 11.6 Å². The lowest BCUT2D eigenvalue weighted by Gasteiger charge is -2.16. The van der Waals surface area contributed by atoms with Gasteiger partial charge >= 0.3 is 5.69 Å². The minimum atomic E-state index is -0.690. The Morgan fingerprint density at radius 1 is 1.29 bits per heavy atom. The molecule has 0 spiro atoms. The van der Waals surface area contributed by atoms with Crippen molar-refractivity contribution < 1.29 is 4.79 Å². The molecule has 0 saturated heterocycles. The first-order chi connectivity index (χ1) is 11.4. The fourth-order valence-corrected chi connectivity index (χ4v) is 3.50. The van der Waals surface area contributed by atoms with Crippen LogP contribution in [0.5, 0.6) is 0 Å². The monoisotopic (exact) mass is 344 g/mol. The van der Waals surface area contributed by atoms with Crippen LogP contribution in [0.25, 0.3) is 10.9 Å². The average molecular weight is 344 g/mol. The summed E-state index contributed by atoms with van der Waals surface area (Å²) in [5.41, 5.74) is 5.74. The Labute approximate surface area is 141 Å². The fraction of sp³-hybridized carbons (Fsp3) is 0.250. The minimum absolute atomic E-state index is 0.318. The molecule has 2 heterocycles. The van der Waals surface area contributed by atoms with Crippen LogP contribution in [0.15, 0.2) is 39.4 Å². The van der Waals surface area contributed by atoms with Crippen molar-refractivity contribution in [1.29, 1.82) is 0 Å². The van der Waals surface area contributed by atoms with Crippen molar-refractivity contribution in [3.8, 4) is 0 Å². The minimum Gasteiger partial charge on any atom is -0.369 e. The maximum atomic E-state index is 12.6. The maximum Gasteiger partial charge on any atom is 0.330 e. The molecule has 3 aromatic rings. The van der Waals surface area contributed by atoms with E-state index in [-0.39, 0.29) is 0 Å². The molecule has 0 radical (unpaired) electrons. The molecule has 1 aromatic carbocycles. The van der Waals surface area contributed by atoms with E-state index in [1.54, 1.807) is 31.4 Å². The molecule has 0 aliphatic carbocycles. The predicted octanol–water partition coefficient (Wildman–Crippen LogP) is 0.505. The van der Waals surface area contributed by atoms with Crippen LogP contribution in [0.1, 0.15) is 16.5 Å². The molecular formula is C16H16N4O3S. The number of benzene rings is 1. The topological polar surface area (TPSA) is 100.0 Å². The highest BCUT2D eigenvalue weighted by atomic mass is 32.1. The Bertz CT molecular complexity index is 1030. The molecule has 1 unspecified atom stereocenters. The number of carbonyl (C=O) groups is 1. The molecule has 0 aliphatic rings. The van der Waals surface area contributed by atoms with Gasteiger partial charge in [0.15, 0.2) is 0 Å². The first-order valence-corrected chi connectivity index (χ1v) is 8.16. The van der Waals surface area contributed by atoms with Crippen LogP contribution in [-0.2, 0) is 25.3 Å². The Kier molecular flexibility index (Phi) is 4.06. The predicted molar refractivity (Wildman–Crippen MR) is 92.2 cm³/mol. The third kappa shape index (κ3) is 2.54. The number of aryl methyl sites for hydroxylation is 1. The molecule has 0 fully saturated rings. The summed E-state index contributed by atoms with van der Waals surface area (Å²) in [6, 6.07) is 5.11. The summed E-state index contributed by atoms with van der Waals surface area (Å²) in [5.74, 6) is -1.22. The molecule has 1 amide bonds. The number of nitrogens with zero attached hydrogens (tertiary/aromatic N) is 3. The Balaban J connectivity index is 2.30. The lowest BCUT2D eigenvalue weighted by atomic mass is 9.92. The normalized spacial score (nSPS) is 12.4. The molecule has 124 valence electrons. The van der Waals surface area contributed by atoms with E-state index in [0.29, 0.717) is 22.9 Å². The van der Waals surface area contributed by atoms with Crippen molar-refractivity contribution in [2.24, 2.45) is 19.8 Å². The number of carbonyl (C=O) groups excluding carboxylic acids is 1. The van der Waals surface area contributed by atoms with E-state index in [2.05, 4.69) is 4.98 Å². The molecule has 24 heavy (non-hydrogen) atoms. The lowest BCUT2D eigenvalue weighted by Crippen LogP contribution is -2.38. The van der Waals surface area contributed by atoms with Gasteiger partial charge in [0.2, 0.25) is 5.91 Å². The van der Waals surface area contributed by atoms with E-state index >= 15 is 0 Å². The molecule has 1 atom stereocenters. The van der Waals surface area contributed by atoms with Gasteiger partial charge in [0.25, 0.3) is 5.56 Å². The molecule has 8 heteroatoms. The van der Waals surface area contributed by atoms with Crippen molar-refractivity contribution in [2.45, 2.75) is 12.3 Å². The second-order valence-corrected chi connectivity index (χ2v) is 6.51. The van der Waals surface area contributed by atoms with Crippen molar-refractivity contribution in [3.05, 3.63) is 61.2 Å². The van der Waals surface area contributed by atoms with Crippen LogP contribution in [0, 0.1) is 0 Å². The second kappa shape index (κ2) is 6.04. The molecular weight excluding hydrogens is 328 g/mol. The Hall–Kier alpha value is -2.74. The van der Waals surface area contributed by atoms with Gasteiger partial charge in [0.1, 0.15) is 0 Å². The van der Waals surface area contributed by atoms with E-state index < -0.39 is 23.1 Å². The fourth-order valence-electron chi connectivity index (χ4n) is 2.84. The number of hydrogen-bond donors (Lipinski definition) is 1. The third-order valence-electron chi connectivity index (χ3n) is 4.11. The van der Waals surface area contributed by atoms with Crippen LogP contribution in [-0.4, -0.2) is 20.0 Å². The number of nitrogens with two attached hydrogens (primary N) is 1. The summed E-state index contributed by atoms with van der Waals surface area (Å²) in [6.45, 7) is 0. The first-order valence-electron chi connectivity index (χ1n) is 7.28. The number of fused-ring (bicyclic) bond motifs is 1. The quantitative estimate of drug-likeness (QED) is 0.745. The van der Waals surface area contributed by atoms with Gasteiger partial charge in [-0.2, -0.15) is 0 Å². The van der Waals surface area contributed by atoms with Gasteiger partial charge in [-0.15, -0.1) is 11.3 Å². The number of aromatic nitrogens is 3. The molecule has 7 nitrogen and oxygen atoms in total. The van der Waals surface area contributed by atoms with Crippen LogP contribution >= 0.6 is 11.3 Å². The molecule has 0 aliphatic heterocycles. The number of thiazole rings is 1. The lowest BCUT2D eigenvalue weighted by molar-refractivity contribution is -0.119. The summed E-state index contributed by atoms with van der Waals surface area (Å²) in [4.78, 5) is 41.0. The summed E-state index contributed by atoms with van der Waals surface area (Å²) >= 11 is 1.42. The zero-order valence-corrected chi connectivity index (χ0v) is 14.0. The third-order valence-corrected chi connectivity index (χ3v) is 4.91. The highest BCUT2D eigenvalue weighted by Gasteiger charge is 2.24.